The lowest BCUT2D eigenvalue weighted by molar-refractivity contribution is -0.139. The van der Waals surface area contributed by atoms with Gasteiger partial charge in [-0.3, -0.25) is 9.69 Å². The molecule has 2 atom stereocenters. The second-order valence-electron chi connectivity index (χ2n) is 8.94. The largest absolute Gasteiger partial charge is 0.480 e. The number of hydrazone groups is 1. The fourth-order valence-electron chi connectivity index (χ4n) is 3.41. The molecule has 1 aliphatic rings. The Morgan fingerprint density at radius 2 is 1.91 bits per heavy atom. The van der Waals surface area contributed by atoms with Gasteiger partial charge in [0.1, 0.15) is 17.2 Å². The number of alkyl carbamates (subject to hydrolysis) is 1. The van der Waals surface area contributed by atoms with Crippen molar-refractivity contribution in [3.63, 3.8) is 0 Å². The van der Waals surface area contributed by atoms with E-state index in [1.54, 1.807) is 52.0 Å². The molecule has 0 spiro atoms. The van der Waals surface area contributed by atoms with Gasteiger partial charge in [0.05, 0.1) is 6.21 Å². The Morgan fingerprint density at radius 1 is 1.27 bits per heavy atom. The van der Waals surface area contributed by atoms with Crippen LogP contribution in [0.2, 0.25) is 0 Å². The Bertz CT molecular complexity index is 924. The van der Waals surface area contributed by atoms with Gasteiger partial charge in [-0.1, -0.05) is 24.3 Å². The maximum absolute atomic E-state index is 13.0. The molecule has 0 radical (unpaired) electrons. The van der Waals surface area contributed by atoms with Crippen molar-refractivity contribution in [2.75, 3.05) is 6.54 Å². The van der Waals surface area contributed by atoms with E-state index < -0.39 is 41.2 Å². The number of carboxylic acids is 1. The van der Waals surface area contributed by atoms with Crippen molar-refractivity contribution in [1.82, 2.24) is 15.5 Å². The van der Waals surface area contributed by atoms with Gasteiger partial charge in [0, 0.05) is 6.54 Å². The van der Waals surface area contributed by atoms with Gasteiger partial charge in [0.2, 0.25) is 0 Å². The lowest BCUT2D eigenvalue weighted by atomic mass is 9.91. The Hall–Kier alpha value is -3.63. The number of aliphatic carboxylic acids is 1. The molecule has 1 aliphatic heterocycles. The number of nitrogens with one attached hydrogen (secondary N) is 2. The van der Waals surface area contributed by atoms with Crippen LogP contribution < -0.4 is 16.5 Å². The third-order valence-electron chi connectivity index (χ3n) is 5.10. The molecule has 1 fully saturated rings. The number of urea groups is 1. The van der Waals surface area contributed by atoms with Crippen molar-refractivity contribution in [2.45, 2.75) is 64.1 Å². The maximum Gasteiger partial charge on any atom is 0.408 e. The van der Waals surface area contributed by atoms with E-state index in [1.165, 1.54) is 6.21 Å². The minimum Gasteiger partial charge on any atom is -0.480 e. The van der Waals surface area contributed by atoms with Crippen LogP contribution in [0.5, 0.6) is 0 Å². The zero-order valence-electron chi connectivity index (χ0n) is 19.3. The molecule has 0 aromatic heterocycles. The summed E-state index contributed by atoms with van der Waals surface area (Å²) in [7, 11) is 0. The molecule has 1 aromatic rings. The van der Waals surface area contributed by atoms with Crippen LogP contribution >= 0.6 is 0 Å². The van der Waals surface area contributed by atoms with Gasteiger partial charge in [-0.25, -0.2) is 14.4 Å². The third kappa shape index (κ3) is 6.67. The van der Waals surface area contributed by atoms with Crippen molar-refractivity contribution in [3.8, 4) is 0 Å². The molecule has 0 aliphatic carbocycles. The summed E-state index contributed by atoms with van der Waals surface area (Å²) < 4.78 is 5.09. The van der Waals surface area contributed by atoms with Gasteiger partial charge in [0.25, 0.3) is 5.91 Å². The predicted molar refractivity (Wildman–Crippen MR) is 120 cm³/mol. The minimum absolute atomic E-state index is 0.122. The second-order valence-corrected chi connectivity index (χ2v) is 8.94. The van der Waals surface area contributed by atoms with E-state index in [1.807, 2.05) is 0 Å². The summed E-state index contributed by atoms with van der Waals surface area (Å²) in [5.41, 5.74) is -0.588. The minimum atomic E-state index is -1.21. The van der Waals surface area contributed by atoms with Crippen molar-refractivity contribution in [3.05, 3.63) is 35.4 Å². The molecule has 11 heteroatoms. The summed E-state index contributed by atoms with van der Waals surface area (Å²) in [6.07, 6.45) is 1.52. The van der Waals surface area contributed by atoms with Gasteiger partial charge < -0.3 is 26.3 Å². The van der Waals surface area contributed by atoms with Crippen LogP contribution in [0, 0.1) is 0 Å². The smallest absolute Gasteiger partial charge is 0.408 e. The maximum atomic E-state index is 13.0. The lowest BCUT2D eigenvalue weighted by Gasteiger charge is -2.23. The molecule has 1 heterocycles. The van der Waals surface area contributed by atoms with Crippen LogP contribution in [0.4, 0.5) is 9.59 Å². The first-order valence-electron chi connectivity index (χ1n) is 10.6. The summed E-state index contributed by atoms with van der Waals surface area (Å²) in [4.78, 5) is 49.9. The normalized spacial score (nSPS) is 19.5. The first kappa shape index (κ1) is 25.6. The van der Waals surface area contributed by atoms with E-state index in [2.05, 4.69) is 15.7 Å². The number of ether oxygens (including phenoxy) is 1. The van der Waals surface area contributed by atoms with Crippen LogP contribution in [0.25, 0.3) is 0 Å². The third-order valence-corrected chi connectivity index (χ3v) is 5.10. The highest BCUT2D eigenvalue weighted by Gasteiger charge is 2.48. The number of carbonyl (C=O) groups excluding carboxylic acids is 3. The van der Waals surface area contributed by atoms with Gasteiger partial charge in [-0.2, -0.15) is 5.10 Å². The number of unbranched alkanes of at least 4 members (excludes halogenated alkanes) is 1. The Labute approximate surface area is 192 Å². The molecule has 180 valence electrons. The molecule has 2 unspecified atom stereocenters. The Morgan fingerprint density at radius 3 is 2.45 bits per heavy atom. The molecule has 1 saturated heterocycles. The molecule has 2 rings (SSSR count). The first-order valence-corrected chi connectivity index (χ1v) is 10.6. The Kier molecular flexibility index (Phi) is 8.02. The van der Waals surface area contributed by atoms with E-state index in [-0.39, 0.29) is 13.0 Å². The van der Waals surface area contributed by atoms with E-state index in [9.17, 15) is 24.3 Å². The summed E-state index contributed by atoms with van der Waals surface area (Å²) >= 11 is 0. The molecule has 33 heavy (non-hydrogen) atoms. The molecule has 11 nitrogen and oxygen atoms in total. The number of hydrogen-bond donors (Lipinski definition) is 4. The monoisotopic (exact) mass is 461 g/mol. The molecule has 0 bridgehead atoms. The van der Waals surface area contributed by atoms with Gasteiger partial charge in [-0.15, -0.1) is 0 Å². The lowest BCUT2D eigenvalue weighted by Crippen LogP contribution is -2.43. The first-order chi connectivity index (χ1) is 15.4. The predicted octanol–water partition coefficient (Wildman–Crippen LogP) is 1.89. The number of carbonyl (C=O) groups is 4. The molecular weight excluding hydrogens is 430 g/mol. The fraction of sp³-hybridized carbons (Fsp3) is 0.500. The Balaban J connectivity index is 1.93. The SMILES string of the molecule is CC(C)(C)OC(=O)NC(CCCCN1C(=O)NC(C)(c2ccc(C=NN)cc2)C1=O)C(=O)O. The molecule has 0 saturated carbocycles. The number of nitrogens with zero attached hydrogens (tertiary/aromatic N) is 2. The van der Waals surface area contributed by atoms with Crippen LogP contribution in [0.3, 0.4) is 0 Å². The second kappa shape index (κ2) is 10.3. The number of rotatable bonds is 9. The van der Waals surface area contributed by atoms with E-state index in [0.717, 1.165) is 10.5 Å². The zero-order chi connectivity index (χ0) is 24.8. The summed E-state index contributed by atoms with van der Waals surface area (Å²) in [6, 6.07) is 5.27. The summed E-state index contributed by atoms with van der Waals surface area (Å²) in [5, 5.41) is 17.9. The molecule has 4 amide bonds. The zero-order valence-corrected chi connectivity index (χ0v) is 19.3. The number of benzene rings is 1. The molecule has 5 N–H and O–H groups in total. The summed E-state index contributed by atoms with van der Waals surface area (Å²) in [5.74, 6) is 3.56. The quantitative estimate of drug-likeness (QED) is 0.143. The number of carboxylic acid groups (broad SMARTS) is 1. The van der Waals surface area contributed by atoms with Crippen LogP contribution in [0.15, 0.2) is 29.4 Å². The van der Waals surface area contributed by atoms with Crippen LogP contribution in [-0.4, -0.2) is 58.4 Å². The average Bonchev–Trinajstić information content (AvgIpc) is 2.93. The van der Waals surface area contributed by atoms with Crippen molar-refractivity contribution >= 4 is 30.2 Å². The van der Waals surface area contributed by atoms with Crippen LogP contribution in [-0.2, 0) is 19.9 Å². The van der Waals surface area contributed by atoms with Crippen molar-refractivity contribution in [1.29, 1.82) is 0 Å². The number of imide groups is 1. The molecular formula is C22H31N5O6. The van der Waals surface area contributed by atoms with Gasteiger partial charge >= 0.3 is 18.1 Å². The van der Waals surface area contributed by atoms with Crippen LogP contribution in [0.1, 0.15) is 58.1 Å². The highest BCUT2D eigenvalue weighted by Crippen LogP contribution is 2.29. The fourth-order valence-corrected chi connectivity index (χ4v) is 3.41. The summed E-state index contributed by atoms with van der Waals surface area (Å²) in [6.45, 7) is 6.78. The highest BCUT2D eigenvalue weighted by molar-refractivity contribution is 6.07. The standard InChI is InChI=1S/C22H31N5O6/c1-21(2,3)33-20(32)25-16(17(28)29)7-5-6-12-27-18(30)22(4,26-19(27)31)15-10-8-14(9-11-15)13-24-23/h8-11,13,16H,5-7,12,23H2,1-4H3,(H,25,32)(H,26,31)(H,28,29). The highest BCUT2D eigenvalue weighted by atomic mass is 16.6. The van der Waals surface area contributed by atoms with Gasteiger partial charge in [0.15, 0.2) is 0 Å². The van der Waals surface area contributed by atoms with Crippen molar-refractivity contribution in [2.24, 2.45) is 10.9 Å². The van der Waals surface area contributed by atoms with E-state index >= 15 is 0 Å². The topological polar surface area (TPSA) is 163 Å². The number of amides is 4. The number of nitrogens with two attached hydrogens (primary N) is 1. The number of hydrogen-bond acceptors (Lipinski definition) is 7. The van der Waals surface area contributed by atoms with E-state index in [0.29, 0.717) is 18.4 Å². The van der Waals surface area contributed by atoms with Crippen molar-refractivity contribution < 1.29 is 29.0 Å². The van der Waals surface area contributed by atoms with Gasteiger partial charge in [-0.05, 0) is 58.1 Å². The van der Waals surface area contributed by atoms with E-state index in [4.69, 9.17) is 10.6 Å². The molecule has 1 aromatic carbocycles. The average molecular weight is 462 g/mol.